The normalized spacial score (nSPS) is 36.3. The fraction of sp³-hybridized carbons (Fsp3) is 1.00. The van der Waals surface area contributed by atoms with E-state index in [2.05, 4.69) is 5.32 Å². The molecule has 2 rings (SSSR count). The van der Waals surface area contributed by atoms with Crippen LogP contribution in [0.2, 0.25) is 0 Å². The highest BCUT2D eigenvalue weighted by molar-refractivity contribution is 4.99. The summed E-state index contributed by atoms with van der Waals surface area (Å²) in [4.78, 5) is 0. The second-order valence-electron chi connectivity index (χ2n) is 4.13. The summed E-state index contributed by atoms with van der Waals surface area (Å²) in [6.45, 7) is 2.36. The summed E-state index contributed by atoms with van der Waals surface area (Å²) in [6, 6.07) is 0. The van der Waals surface area contributed by atoms with Gasteiger partial charge in [-0.1, -0.05) is 0 Å². The Hall–Kier alpha value is -0.0800. The van der Waals surface area contributed by atoms with E-state index in [0.29, 0.717) is 0 Å². The van der Waals surface area contributed by atoms with E-state index in [4.69, 9.17) is 5.73 Å². The third-order valence-electron chi connectivity index (χ3n) is 3.39. The van der Waals surface area contributed by atoms with Crippen molar-refractivity contribution >= 4 is 0 Å². The van der Waals surface area contributed by atoms with Gasteiger partial charge in [0.15, 0.2) is 0 Å². The average Bonchev–Trinajstić information content (AvgIpc) is 2.02. The van der Waals surface area contributed by atoms with Gasteiger partial charge < -0.3 is 11.1 Å². The van der Waals surface area contributed by atoms with Gasteiger partial charge in [-0.3, -0.25) is 0 Å². The van der Waals surface area contributed by atoms with Gasteiger partial charge in [0.25, 0.3) is 0 Å². The van der Waals surface area contributed by atoms with Crippen molar-refractivity contribution in [3.05, 3.63) is 0 Å². The van der Waals surface area contributed by atoms with E-state index in [9.17, 15) is 0 Å². The van der Waals surface area contributed by atoms with Gasteiger partial charge in [0.1, 0.15) is 0 Å². The van der Waals surface area contributed by atoms with E-state index in [0.717, 1.165) is 12.5 Å². The van der Waals surface area contributed by atoms with Gasteiger partial charge in [0.2, 0.25) is 0 Å². The Morgan fingerprint density at radius 2 is 2.09 bits per heavy atom. The second kappa shape index (κ2) is 2.76. The van der Waals surface area contributed by atoms with Crippen molar-refractivity contribution in [1.82, 2.24) is 5.32 Å². The maximum atomic E-state index is 6.24. The van der Waals surface area contributed by atoms with Crippen LogP contribution in [-0.4, -0.2) is 18.6 Å². The zero-order valence-corrected chi connectivity index (χ0v) is 7.10. The van der Waals surface area contributed by atoms with Gasteiger partial charge in [-0.05, 0) is 51.1 Å². The Morgan fingerprint density at radius 3 is 2.55 bits per heavy atom. The van der Waals surface area contributed by atoms with Crippen molar-refractivity contribution in [3.8, 4) is 0 Å². The standard InChI is InChI=1S/C9H18N2/c10-9(4-2-5-9)8-3-1-6-11-7-8/h8,11H,1-7,10H2. The molecule has 2 aliphatic rings. The predicted octanol–water partition coefficient (Wildman–Crippen LogP) is 0.867. The summed E-state index contributed by atoms with van der Waals surface area (Å²) in [5.74, 6) is 0.769. The molecule has 1 heterocycles. The van der Waals surface area contributed by atoms with Crippen LogP contribution >= 0.6 is 0 Å². The number of piperidine rings is 1. The lowest BCUT2D eigenvalue weighted by atomic mass is 9.67. The molecular formula is C9H18N2. The average molecular weight is 154 g/mol. The molecule has 0 spiro atoms. The smallest absolute Gasteiger partial charge is 0.0195 e. The van der Waals surface area contributed by atoms with Crippen molar-refractivity contribution in [2.24, 2.45) is 11.7 Å². The highest BCUT2D eigenvalue weighted by Crippen LogP contribution is 2.38. The molecule has 0 amide bonds. The SMILES string of the molecule is NC1(C2CCCNC2)CCC1. The first-order valence-corrected chi connectivity index (χ1v) is 4.81. The molecule has 2 nitrogen and oxygen atoms in total. The molecule has 0 bridgehead atoms. The molecule has 1 aliphatic heterocycles. The van der Waals surface area contributed by atoms with E-state index in [1.165, 1.54) is 38.6 Å². The molecule has 11 heavy (non-hydrogen) atoms. The molecule has 2 heteroatoms. The molecule has 0 aromatic carbocycles. The van der Waals surface area contributed by atoms with Gasteiger partial charge >= 0.3 is 0 Å². The maximum Gasteiger partial charge on any atom is 0.0195 e. The van der Waals surface area contributed by atoms with Crippen LogP contribution in [0.5, 0.6) is 0 Å². The lowest BCUT2D eigenvalue weighted by Crippen LogP contribution is -2.57. The minimum Gasteiger partial charge on any atom is -0.325 e. The van der Waals surface area contributed by atoms with Gasteiger partial charge in [-0.15, -0.1) is 0 Å². The van der Waals surface area contributed by atoms with Crippen LogP contribution in [0.1, 0.15) is 32.1 Å². The first-order chi connectivity index (χ1) is 5.31. The van der Waals surface area contributed by atoms with Crippen LogP contribution in [0.15, 0.2) is 0 Å². The Morgan fingerprint density at radius 1 is 1.27 bits per heavy atom. The third-order valence-corrected chi connectivity index (χ3v) is 3.39. The van der Waals surface area contributed by atoms with Crippen LogP contribution < -0.4 is 11.1 Å². The van der Waals surface area contributed by atoms with Crippen LogP contribution in [0, 0.1) is 5.92 Å². The summed E-state index contributed by atoms with van der Waals surface area (Å²) in [5.41, 5.74) is 6.47. The summed E-state index contributed by atoms with van der Waals surface area (Å²) >= 11 is 0. The first kappa shape index (κ1) is 7.56. The van der Waals surface area contributed by atoms with Gasteiger partial charge in [-0.25, -0.2) is 0 Å². The lowest BCUT2D eigenvalue weighted by molar-refractivity contribution is 0.127. The quantitative estimate of drug-likeness (QED) is 0.588. The van der Waals surface area contributed by atoms with Crippen molar-refractivity contribution in [2.45, 2.75) is 37.6 Å². The Labute approximate surface area is 68.5 Å². The first-order valence-electron chi connectivity index (χ1n) is 4.81. The van der Waals surface area contributed by atoms with Crippen LogP contribution in [-0.2, 0) is 0 Å². The monoisotopic (exact) mass is 154 g/mol. The van der Waals surface area contributed by atoms with E-state index in [1.807, 2.05) is 0 Å². The van der Waals surface area contributed by atoms with Gasteiger partial charge in [-0.2, -0.15) is 0 Å². The number of nitrogens with two attached hydrogens (primary N) is 1. The summed E-state index contributed by atoms with van der Waals surface area (Å²) < 4.78 is 0. The van der Waals surface area contributed by atoms with Crippen molar-refractivity contribution in [2.75, 3.05) is 13.1 Å². The van der Waals surface area contributed by atoms with Crippen molar-refractivity contribution in [3.63, 3.8) is 0 Å². The van der Waals surface area contributed by atoms with Gasteiger partial charge in [0.05, 0.1) is 0 Å². The molecule has 1 saturated heterocycles. The Bertz CT molecular complexity index is 134. The number of hydrogen-bond acceptors (Lipinski definition) is 2. The molecule has 1 atom stereocenters. The fourth-order valence-electron chi connectivity index (χ4n) is 2.34. The van der Waals surface area contributed by atoms with Crippen LogP contribution in [0.4, 0.5) is 0 Å². The summed E-state index contributed by atoms with van der Waals surface area (Å²) in [5, 5.41) is 3.43. The topological polar surface area (TPSA) is 38.0 Å². The van der Waals surface area contributed by atoms with E-state index in [-0.39, 0.29) is 5.54 Å². The molecular weight excluding hydrogens is 136 g/mol. The predicted molar refractivity (Wildman–Crippen MR) is 46.4 cm³/mol. The fourth-order valence-corrected chi connectivity index (χ4v) is 2.34. The van der Waals surface area contributed by atoms with E-state index >= 15 is 0 Å². The Balaban J connectivity index is 1.91. The summed E-state index contributed by atoms with van der Waals surface area (Å²) in [6.07, 6.45) is 6.55. The molecule has 0 aromatic rings. The minimum atomic E-state index is 0.230. The van der Waals surface area contributed by atoms with Crippen LogP contribution in [0.3, 0.4) is 0 Å². The molecule has 0 radical (unpaired) electrons. The third kappa shape index (κ3) is 1.30. The van der Waals surface area contributed by atoms with Crippen molar-refractivity contribution in [1.29, 1.82) is 0 Å². The highest BCUT2D eigenvalue weighted by Gasteiger charge is 2.40. The van der Waals surface area contributed by atoms with Gasteiger partial charge in [0, 0.05) is 5.54 Å². The number of nitrogens with one attached hydrogen (secondary N) is 1. The molecule has 64 valence electrons. The minimum absolute atomic E-state index is 0.230. The molecule has 0 aromatic heterocycles. The molecule has 2 fully saturated rings. The second-order valence-corrected chi connectivity index (χ2v) is 4.13. The molecule has 1 saturated carbocycles. The molecule has 1 unspecified atom stereocenters. The van der Waals surface area contributed by atoms with Crippen molar-refractivity contribution < 1.29 is 0 Å². The highest BCUT2D eigenvalue weighted by atomic mass is 14.9. The van der Waals surface area contributed by atoms with E-state index < -0.39 is 0 Å². The molecule has 1 aliphatic carbocycles. The largest absolute Gasteiger partial charge is 0.325 e. The van der Waals surface area contributed by atoms with E-state index in [1.54, 1.807) is 0 Å². The number of rotatable bonds is 1. The zero-order chi connectivity index (χ0) is 7.73. The Kier molecular flexibility index (Phi) is 1.90. The maximum absolute atomic E-state index is 6.24. The molecule has 3 N–H and O–H groups in total. The number of hydrogen-bond donors (Lipinski definition) is 2. The zero-order valence-electron chi connectivity index (χ0n) is 7.10. The summed E-state index contributed by atoms with van der Waals surface area (Å²) in [7, 11) is 0. The van der Waals surface area contributed by atoms with Crippen LogP contribution in [0.25, 0.3) is 0 Å². The lowest BCUT2D eigenvalue weighted by Gasteiger charge is -2.46.